The van der Waals surface area contributed by atoms with Gasteiger partial charge in [-0.2, -0.15) is 0 Å². The highest BCUT2D eigenvalue weighted by atomic mass is 28.4. The number of hydrogen-bond donors (Lipinski definition) is 0. The lowest BCUT2D eigenvalue weighted by molar-refractivity contribution is 0.00578. The van der Waals surface area contributed by atoms with Crippen molar-refractivity contribution in [3.05, 3.63) is 24.0 Å². The van der Waals surface area contributed by atoms with E-state index in [1.54, 1.807) is 0 Å². The van der Waals surface area contributed by atoms with Gasteiger partial charge in [0.1, 0.15) is 0 Å². The third-order valence-corrected chi connectivity index (χ3v) is 5.34. The van der Waals surface area contributed by atoms with Crippen LogP contribution in [0.25, 0.3) is 0 Å². The summed E-state index contributed by atoms with van der Waals surface area (Å²) in [5, 5.41) is 0. The summed E-state index contributed by atoms with van der Waals surface area (Å²) >= 11 is 0. The van der Waals surface area contributed by atoms with Gasteiger partial charge in [0, 0.05) is 11.7 Å². The minimum Gasteiger partial charge on any atom is -0.409 e. The van der Waals surface area contributed by atoms with E-state index in [1.165, 1.54) is 0 Å². The Labute approximate surface area is 135 Å². The first kappa shape index (κ1) is 17.7. The van der Waals surface area contributed by atoms with Gasteiger partial charge < -0.3 is 13.7 Å². The van der Waals surface area contributed by atoms with Crippen LogP contribution in [0.3, 0.4) is 0 Å². The number of hydrogen-bond acceptors (Lipinski definition) is 4. The van der Waals surface area contributed by atoms with Gasteiger partial charge in [0.05, 0.1) is 23.0 Å². The molecule has 0 bridgehead atoms. The monoisotopic (exact) mass is 321 g/mol. The first-order chi connectivity index (χ1) is 9.91. The fourth-order valence-electron chi connectivity index (χ4n) is 2.37. The summed E-state index contributed by atoms with van der Waals surface area (Å²) in [7, 11) is -1.93. The Balaban J connectivity index is 2.10. The van der Waals surface area contributed by atoms with Crippen LogP contribution in [-0.4, -0.2) is 31.6 Å². The van der Waals surface area contributed by atoms with Gasteiger partial charge in [0.2, 0.25) is 0 Å². The molecule has 1 unspecified atom stereocenters. The van der Waals surface area contributed by atoms with Gasteiger partial charge in [-0.05, 0) is 60.3 Å². The van der Waals surface area contributed by atoms with Crippen molar-refractivity contribution in [2.75, 3.05) is 0 Å². The summed E-state index contributed by atoms with van der Waals surface area (Å²) in [6.45, 7) is 16.8. The van der Waals surface area contributed by atoms with E-state index >= 15 is 0 Å². The normalized spacial score (nSPS) is 21.9. The lowest BCUT2D eigenvalue weighted by Crippen LogP contribution is -2.41. The first-order valence-corrected chi connectivity index (χ1v) is 11.3. The van der Waals surface area contributed by atoms with E-state index in [0.29, 0.717) is 0 Å². The van der Waals surface area contributed by atoms with Crippen LogP contribution in [0.2, 0.25) is 19.6 Å². The van der Waals surface area contributed by atoms with Crippen LogP contribution in [0, 0.1) is 0 Å². The zero-order valence-electron chi connectivity index (χ0n) is 15.1. The molecule has 0 radical (unpaired) electrons. The molecule has 1 atom stereocenters. The molecule has 0 amide bonds. The molecule has 1 aromatic heterocycles. The Morgan fingerprint density at radius 1 is 1.09 bits per heavy atom. The Bertz CT molecular complexity index is 509. The van der Waals surface area contributed by atoms with Crippen molar-refractivity contribution in [3.63, 3.8) is 0 Å². The molecule has 22 heavy (non-hydrogen) atoms. The zero-order valence-corrected chi connectivity index (χ0v) is 16.1. The third kappa shape index (κ3) is 3.79. The predicted octanol–water partition coefficient (Wildman–Crippen LogP) is 3.29. The highest BCUT2D eigenvalue weighted by Crippen LogP contribution is 2.36. The summed E-state index contributed by atoms with van der Waals surface area (Å²) in [4.78, 5) is 4.54. The number of aromatic nitrogens is 1. The molecular formula is C16H28BNO3Si. The third-order valence-electron chi connectivity index (χ3n) is 4.28. The van der Waals surface area contributed by atoms with Crippen molar-refractivity contribution in [1.82, 2.24) is 4.98 Å². The molecule has 0 spiro atoms. The molecule has 2 rings (SSSR count). The standard InChI is InChI=1S/C16H28BNO3Si/c1-12(19-22(6,7)8)14-10-9-13(11-18-14)17-20-15(2,3)16(4,5)21-17/h9-12H,1-8H3. The molecule has 0 aromatic carbocycles. The van der Waals surface area contributed by atoms with E-state index in [-0.39, 0.29) is 24.4 Å². The van der Waals surface area contributed by atoms with Crippen LogP contribution in [0.4, 0.5) is 0 Å². The summed E-state index contributed by atoms with van der Waals surface area (Å²) in [5.41, 5.74) is 1.24. The Morgan fingerprint density at radius 3 is 2.05 bits per heavy atom. The molecule has 1 fully saturated rings. The van der Waals surface area contributed by atoms with E-state index in [2.05, 4.69) is 59.2 Å². The molecule has 1 aliphatic rings. The van der Waals surface area contributed by atoms with Crippen LogP contribution in [0.5, 0.6) is 0 Å². The minimum atomic E-state index is -1.57. The van der Waals surface area contributed by atoms with Crippen molar-refractivity contribution in [2.45, 2.75) is 71.6 Å². The topological polar surface area (TPSA) is 40.6 Å². The molecule has 1 aliphatic heterocycles. The van der Waals surface area contributed by atoms with Gasteiger partial charge >= 0.3 is 7.12 Å². The highest BCUT2D eigenvalue weighted by Gasteiger charge is 2.51. The van der Waals surface area contributed by atoms with E-state index in [9.17, 15) is 0 Å². The molecule has 0 N–H and O–H groups in total. The molecule has 122 valence electrons. The van der Waals surface area contributed by atoms with Crippen LogP contribution in [0.15, 0.2) is 18.3 Å². The average Bonchev–Trinajstić information content (AvgIpc) is 2.56. The predicted molar refractivity (Wildman–Crippen MR) is 92.8 cm³/mol. The molecule has 6 heteroatoms. The molecular weight excluding hydrogens is 293 g/mol. The van der Waals surface area contributed by atoms with Gasteiger partial charge in [0.15, 0.2) is 8.32 Å². The maximum Gasteiger partial charge on any atom is 0.496 e. The molecule has 0 saturated carbocycles. The van der Waals surface area contributed by atoms with Crippen molar-refractivity contribution in [3.8, 4) is 0 Å². The second kappa shape index (κ2) is 5.75. The van der Waals surface area contributed by atoms with Gasteiger partial charge in [-0.25, -0.2) is 0 Å². The Morgan fingerprint density at radius 2 is 1.64 bits per heavy atom. The van der Waals surface area contributed by atoms with Gasteiger partial charge in [0.25, 0.3) is 0 Å². The zero-order chi connectivity index (χ0) is 16.8. The Hall–Kier alpha value is -0.688. The first-order valence-electron chi connectivity index (χ1n) is 7.91. The van der Waals surface area contributed by atoms with Crippen LogP contribution in [-0.2, 0) is 13.7 Å². The van der Waals surface area contributed by atoms with Crippen molar-refractivity contribution < 1.29 is 13.7 Å². The Kier molecular flexibility index (Phi) is 4.61. The van der Waals surface area contributed by atoms with Gasteiger partial charge in [-0.1, -0.05) is 6.07 Å². The maximum absolute atomic E-state index is 6.07. The molecule has 1 saturated heterocycles. The van der Waals surface area contributed by atoms with Crippen molar-refractivity contribution in [1.29, 1.82) is 0 Å². The van der Waals surface area contributed by atoms with E-state index < -0.39 is 8.32 Å². The second-order valence-corrected chi connectivity index (χ2v) is 12.4. The maximum atomic E-state index is 6.07. The van der Waals surface area contributed by atoms with E-state index in [4.69, 9.17) is 13.7 Å². The highest BCUT2D eigenvalue weighted by molar-refractivity contribution is 6.69. The average molecular weight is 321 g/mol. The smallest absolute Gasteiger partial charge is 0.409 e. The van der Waals surface area contributed by atoms with Crippen LogP contribution >= 0.6 is 0 Å². The van der Waals surface area contributed by atoms with Crippen molar-refractivity contribution in [2.24, 2.45) is 0 Å². The SMILES string of the molecule is CC(O[Si](C)(C)C)c1ccc(B2OC(C)(C)C(C)(C)O2)cn1. The number of nitrogens with zero attached hydrogens (tertiary/aromatic N) is 1. The number of pyridine rings is 1. The van der Waals surface area contributed by atoms with Gasteiger partial charge in [-0.3, -0.25) is 4.98 Å². The fourth-order valence-corrected chi connectivity index (χ4v) is 3.55. The summed E-state index contributed by atoms with van der Waals surface area (Å²) in [5.74, 6) is 0. The van der Waals surface area contributed by atoms with E-state index in [1.807, 2.05) is 18.3 Å². The van der Waals surface area contributed by atoms with Gasteiger partial charge in [-0.15, -0.1) is 0 Å². The molecule has 1 aromatic rings. The summed E-state index contributed by atoms with van der Waals surface area (Å²) in [6.07, 6.45) is 1.85. The van der Waals surface area contributed by atoms with Crippen molar-refractivity contribution >= 4 is 20.9 Å². The molecule has 2 heterocycles. The summed E-state index contributed by atoms with van der Waals surface area (Å²) in [6, 6.07) is 4.03. The minimum absolute atomic E-state index is 0.0130. The summed E-state index contributed by atoms with van der Waals surface area (Å²) < 4.78 is 18.2. The van der Waals surface area contributed by atoms with E-state index in [0.717, 1.165) is 11.2 Å². The molecule has 0 aliphatic carbocycles. The lowest BCUT2D eigenvalue weighted by Gasteiger charge is -2.32. The van der Waals surface area contributed by atoms with Crippen LogP contribution < -0.4 is 5.46 Å². The lowest BCUT2D eigenvalue weighted by atomic mass is 9.80. The largest absolute Gasteiger partial charge is 0.496 e. The number of rotatable bonds is 4. The van der Waals surface area contributed by atoms with Crippen LogP contribution in [0.1, 0.15) is 46.4 Å². The quantitative estimate of drug-likeness (QED) is 0.798. The fraction of sp³-hybridized carbons (Fsp3) is 0.688. The molecule has 4 nitrogen and oxygen atoms in total. The second-order valence-electron chi connectivity index (χ2n) is 7.98.